The van der Waals surface area contributed by atoms with E-state index in [2.05, 4.69) is 11.9 Å². The van der Waals surface area contributed by atoms with Crippen LogP contribution in [0, 0.1) is 0 Å². The van der Waals surface area contributed by atoms with Gasteiger partial charge >= 0.3 is 5.97 Å². The number of hydrogen-bond donors (Lipinski definition) is 2. The lowest BCUT2D eigenvalue weighted by atomic mass is 10.1. The van der Waals surface area contributed by atoms with Crippen molar-refractivity contribution in [3.05, 3.63) is 21.4 Å². The van der Waals surface area contributed by atoms with Gasteiger partial charge in [-0.2, -0.15) is 0 Å². The minimum Gasteiger partial charge on any atom is -0.481 e. The molecule has 1 aromatic rings. The van der Waals surface area contributed by atoms with Gasteiger partial charge < -0.3 is 15.7 Å². The summed E-state index contributed by atoms with van der Waals surface area (Å²) in [6.07, 6.45) is 1.02. The zero-order chi connectivity index (χ0) is 11.7. The van der Waals surface area contributed by atoms with Crippen LogP contribution >= 0.6 is 11.3 Å². The van der Waals surface area contributed by atoms with E-state index >= 15 is 0 Å². The molecule has 0 amide bonds. The molecule has 0 fully saturated rings. The third-order valence-corrected chi connectivity index (χ3v) is 4.30. The van der Waals surface area contributed by atoms with Gasteiger partial charge in [-0.05, 0) is 25.1 Å². The number of rotatable bonds is 3. The Labute approximate surface area is 98.7 Å². The molecule has 1 aliphatic rings. The molecule has 16 heavy (non-hydrogen) atoms. The van der Waals surface area contributed by atoms with Crippen LogP contribution in [0.15, 0.2) is 6.07 Å². The Morgan fingerprint density at radius 2 is 2.50 bits per heavy atom. The highest BCUT2D eigenvalue weighted by Gasteiger charge is 2.24. The fourth-order valence-corrected chi connectivity index (χ4v) is 3.28. The van der Waals surface area contributed by atoms with Gasteiger partial charge in [-0.15, -0.1) is 11.3 Å². The summed E-state index contributed by atoms with van der Waals surface area (Å²) in [6.45, 7) is 2.14. The SMILES string of the molecule is CN1CCc2sc(C(CN)C(=O)O)cc2C1. The van der Waals surface area contributed by atoms with E-state index in [1.165, 1.54) is 10.4 Å². The van der Waals surface area contributed by atoms with Gasteiger partial charge in [0.15, 0.2) is 0 Å². The number of nitrogens with two attached hydrogens (primary N) is 1. The molecule has 1 atom stereocenters. The highest BCUT2D eigenvalue weighted by molar-refractivity contribution is 7.12. The number of fused-ring (bicyclic) bond motifs is 1. The Bertz CT molecular complexity index is 403. The van der Waals surface area contributed by atoms with Crippen molar-refractivity contribution >= 4 is 17.3 Å². The summed E-state index contributed by atoms with van der Waals surface area (Å²) in [4.78, 5) is 15.5. The molecule has 3 N–H and O–H groups in total. The summed E-state index contributed by atoms with van der Waals surface area (Å²) in [6, 6.07) is 2.02. The number of nitrogens with zero attached hydrogens (tertiary/aromatic N) is 1. The second-order valence-corrected chi connectivity index (χ2v) is 5.38. The van der Waals surface area contributed by atoms with Gasteiger partial charge in [-0.25, -0.2) is 0 Å². The summed E-state index contributed by atoms with van der Waals surface area (Å²) >= 11 is 1.61. The van der Waals surface area contributed by atoms with E-state index in [1.54, 1.807) is 11.3 Å². The molecular formula is C11H16N2O2S. The Hall–Kier alpha value is -0.910. The first-order valence-electron chi connectivity index (χ1n) is 5.34. The van der Waals surface area contributed by atoms with Crippen LogP contribution in [-0.2, 0) is 17.8 Å². The zero-order valence-electron chi connectivity index (χ0n) is 9.27. The lowest BCUT2D eigenvalue weighted by Crippen LogP contribution is -2.25. The monoisotopic (exact) mass is 240 g/mol. The lowest BCUT2D eigenvalue weighted by molar-refractivity contribution is -0.138. The molecule has 0 aromatic carbocycles. The van der Waals surface area contributed by atoms with Gasteiger partial charge in [0.25, 0.3) is 0 Å². The van der Waals surface area contributed by atoms with Crippen LogP contribution in [-0.4, -0.2) is 36.1 Å². The molecule has 1 aliphatic heterocycles. The quantitative estimate of drug-likeness (QED) is 0.822. The molecule has 0 aliphatic carbocycles. The molecule has 1 aromatic heterocycles. The number of aliphatic carboxylic acids is 1. The van der Waals surface area contributed by atoms with Crippen LogP contribution < -0.4 is 5.73 Å². The van der Waals surface area contributed by atoms with Gasteiger partial charge in [0.2, 0.25) is 0 Å². The van der Waals surface area contributed by atoms with E-state index in [1.807, 2.05) is 6.07 Å². The predicted molar refractivity (Wildman–Crippen MR) is 63.8 cm³/mol. The van der Waals surface area contributed by atoms with E-state index in [4.69, 9.17) is 10.8 Å². The average molecular weight is 240 g/mol. The maximum Gasteiger partial charge on any atom is 0.313 e. The molecule has 0 saturated carbocycles. The van der Waals surface area contributed by atoms with Gasteiger partial charge in [0, 0.05) is 29.4 Å². The Morgan fingerprint density at radius 1 is 1.75 bits per heavy atom. The molecule has 4 nitrogen and oxygen atoms in total. The largest absolute Gasteiger partial charge is 0.481 e. The molecule has 5 heteroatoms. The predicted octanol–water partition coefficient (Wildman–Crippen LogP) is 0.863. The van der Waals surface area contributed by atoms with Crippen molar-refractivity contribution in [2.45, 2.75) is 18.9 Å². The molecule has 0 spiro atoms. The number of carboxylic acid groups (broad SMARTS) is 1. The molecule has 0 radical (unpaired) electrons. The maximum atomic E-state index is 11.0. The van der Waals surface area contributed by atoms with E-state index in [9.17, 15) is 4.79 Å². The van der Waals surface area contributed by atoms with Crippen molar-refractivity contribution in [3.8, 4) is 0 Å². The van der Waals surface area contributed by atoms with Crippen molar-refractivity contribution in [2.24, 2.45) is 5.73 Å². The average Bonchev–Trinajstić information content (AvgIpc) is 2.60. The van der Waals surface area contributed by atoms with E-state index in [-0.39, 0.29) is 6.54 Å². The van der Waals surface area contributed by atoms with Crippen LogP contribution in [0.3, 0.4) is 0 Å². The van der Waals surface area contributed by atoms with Crippen molar-refractivity contribution < 1.29 is 9.90 Å². The lowest BCUT2D eigenvalue weighted by Gasteiger charge is -2.21. The van der Waals surface area contributed by atoms with Crippen LogP contribution in [0.5, 0.6) is 0 Å². The molecule has 2 rings (SSSR count). The van der Waals surface area contributed by atoms with Crippen molar-refractivity contribution in [3.63, 3.8) is 0 Å². The second-order valence-electron chi connectivity index (χ2n) is 4.21. The van der Waals surface area contributed by atoms with E-state index in [0.29, 0.717) is 0 Å². The first kappa shape index (κ1) is 11.6. The molecule has 0 bridgehead atoms. The van der Waals surface area contributed by atoms with Crippen molar-refractivity contribution in [1.29, 1.82) is 0 Å². The van der Waals surface area contributed by atoms with Crippen LogP contribution in [0.1, 0.15) is 21.2 Å². The van der Waals surface area contributed by atoms with Gasteiger partial charge in [0.1, 0.15) is 5.92 Å². The summed E-state index contributed by atoms with van der Waals surface area (Å²) in [5.74, 6) is -1.37. The number of hydrogen-bond acceptors (Lipinski definition) is 4. The van der Waals surface area contributed by atoms with Crippen molar-refractivity contribution in [1.82, 2.24) is 4.90 Å². The standard InChI is InChI=1S/C11H16N2O2S/c1-13-3-2-9-7(6-13)4-10(16-9)8(5-12)11(14)15/h4,8H,2-3,5-6,12H2,1H3,(H,14,15). The topological polar surface area (TPSA) is 66.6 Å². The minimum atomic E-state index is -0.825. The van der Waals surface area contributed by atoms with Gasteiger partial charge in [-0.3, -0.25) is 4.79 Å². The third-order valence-electron chi connectivity index (χ3n) is 2.95. The summed E-state index contributed by atoms with van der Waals surface area (Å²) in [5.41, 5.74) is 6.78. The van der Waals surface area contributed by atoms with Crippen LogP contribution in [0.4, 0.5) is 0 Å². The zero-order valence-corrected chi connectivity index (χ0v) is 10.1. The molecule has 2 heterocycles. The molecule has 1 unspecified atom stereocenters. The van der Waals surface area contributed by atoms with E-state index in [0.717, 1.165) is 24.4 Å². The molecule has 0 saturated heterocycles. The summed E-state index contributed by atoms with van der Waals surface area (Å²) in [7, 11) is 2.08. The number of likely N-dealkylation sites (N-methyl/N-ethyl adjacent to an activating group) is 1. The summed E-state index contributed by atoms with van der Waals surface area (Å²) < 4.78 is 0. The summed E-state index contributed by atoms with van der Waals surface area (Å²) in [5, 5.41) is 9.06. The number of carbonyl (C=O) groups is 1. The maximum absolute atomic E-state index is 11.0. The third kappa shape index (κ3) is 2.11. The Kier molecular flexibility index (Phi) is 3.28. The van der Waals surface area contributed by atoms with Gasteiger partial charge in [-0.1, -0.05) is 0 Å². The van der Waals surface area contributed by atoms with E-state index < -0.39 is 11.9 Å². The minimum absolute atomic E-state index is 0.171. The Balaban J connectivity index is 2.27. The number of carboxylic acids is 1. The fourth-order valence-electron chi connectivity index (χ4n) is 2.01. The first-order chi connectivity index (χ1) is 7.61. The highest BCUT2D eigenvalue weighted by Crippen LogP contribution is 2.32. The molecule has 88 valence electrons. The van der Waals surface area contributed by atoms with Crippen LogP contribution in [0.25, 0.3) is 0 Å². The number of thiophene rings is 1. The normalized spacial score (nSPS) is 18.1. The highest BCUT2D eigenvalue weighted by atomic mass is 32.1. The van der Waals surface area contributed by atoms with Gasteiger partial charge in [0.05, 0.1) is 0 Å². The molecular weight excluding hydrogens is 224 g/mol. The Morgan fingerprint density at radius 3 is 3.12 bits per heavy atom. The fraction of sp³-hybridized carbons (Fsp3) is 0.545. The first-order valence-corrected chi connectivity index (χ1v) is 6.16. The van der Waals surface area contributed by atoms with Crippen LogP contribution in [0.2, 0.25) is 0 Å². The smallest absolute Gasteiger partial charge is 0.313 e. The van der Waals surface area contributed by atoms with Crippen molar-refractivity contribution in [2.75, 3.05) is 20.1 Å². The second kappa shape index (κ2) is 4.53.